The minimum Gasteiger partial charge on any atom is -0.278 e. The van der Waals surface area contributed by atoms with Gasteiger partial charge in [-0.05, 0) is 37.6 Å². The van der Waals surface area contributed by atoms with Crippen molar-refractivity contribution < 1.29 is 8.42 Å². The molecule has 0 fully saturated rings. The quantitative estimate of drug-likeness (QED) is 0.924. The Kier molecular flexibility index (Phi) is 3.34. The van der Waals surface area contributed by atoms with Crippen LogP contribution >= 0.6 is 0 Å². The summed E-state index contributed by atoms with van der Waals surface area (Å²) in [5.74, 6) is 0. The van der Waals surface area contributed by atoms with Crippen LogP contribution < -0.4 is 4.72 Å². The fraction of sp³-hybridized carbons (Fsp3) is 0.154. The molecular formula is C13H14N2O2S. The molecule has 0 amide bonds. The standard InChI is InChI=1S/C13H14N2O2S/c1-10-6-3-4-8-13(10)18(16,17)15-12-7-5-9-14-11(12)2/h3-9,15H,1-2H3. The van der Waals surface area contributed by atoms with E-state index in [-0.39, 0.29) is 4.90 Å². The molecule has 0 saturated heterocycles. The lowest BCUT2D eigenvalue weighted by Crippen LogP contribution is -2.15. The lowest BCUT2D eigenvalue weighted by molar-refractivity contribution is 0.600. The zero-order chi connectivity index (χ0) is 13.2. The Morgan fingerprint density at radius 1 is 1.06 bits per heavy atom. The highest BCUT2D eigenvalue weighted by Gasteiger charge is 2.17. The third kappa shape index (κ3) is 2.51. The molecule has 0 saturated carbocycles. The molecule has 4 nitrogen and oxygen atoms in total. The fourth-order valence-corrected chi connectivity index (χ4v) is 3.01. The first-order valence-corrected chi connectivity index (χ1v) is 6.99. The van der Waals surface area contributed by atoms with Gasteiger partial charge >= 0.3 is 0 Å². The van der Waals surface area contributed by atoms with Gasteiger partial charge in [-0.1, -0.05) is 18.2 Å². The second-order valence-electron chi connectivity index (χ2n) is 4.01. The zero-order valence-electron chi connectivity index (χ0n) is 10.2. The molecule has 1 aromatic heterocycles. The SMILES string of the molecule is Cc1ccccc1S(=O)(=O)Nc1cccnc1C. The summed E-state index contributed by atoms with van der Waals surface area (Å²) in [6, 6.07) is 10.3. The van der Waals surface area contributed by atoms with Gasteiger partial charge in [0, 0.05) is 6.20 Å². The van der Waals surface area contributed by atoms with Crippen LogP contribution in [0.4, 0.5) is 5.69 Å². The average molecular weight is 262 g/mol. The van der Waals surface area contributed by atoms with E-state index in [2.05, 4.69) is 9.71 Å². The highest BCUT2D eigenvalue weighted by molar-refractivity contribution is 7.92. The van der Waals surface area contributed by atoms with Crippen molar-refractivity contribution in [2.75, 3.05) is 4.72 Å². The summed E-state index contributed by atoms with van der Waals surface area (Å²) in [6.07, 6.45) is 1.63. The number of aromatic nitrogens is 1. The number of nitrogens with zero attached hydrogens (tertiary/aromatic N) is 1. The first kappa shape index (κ1) is 12.6. The van der Waals surface area contributed by atoms with Gasteiger partial charge in [-0.2, -0.15) is 0 Å². The van der Waals surface area contributed by atoms with Crippen LogP contribution in [0, 0.1) is 13.8 Å². The highest BCUT2D eigenvalue weighted by Crippen LogP contribution is 2.20. The molecule has 18 heavy (non-hydrogen) atoms. The second kappa shape index (κ2) is 4.78. The third-order valence-corrected chi connectivity index (χ3v) is 4.16. The molecule has 1 N–H and O–H groups in total. The smallest absolute Gasteiger partial charge is 0.262 e. The molecule has 0 radical (unpaired) electrons. The van der Waals surface area contributed by atoms with E-state index in [0.717, 1.165) is 0 Å². The number of hydrogen-bond donors (Lipinski definition) is 1. The number of rotatable bonds is 3. The van der Waals surface area contributed by atoms with Crippen molar-refractivity contribution >= 4 is 15.7 Å². The van der Waals surface area contributed by atoms with E-state index in [1.807, 2.05) is 6.07 Å². The van der Waals surface area contributed by atoms with E-state index in [1.165, 1.54) is 0 Å². The molecule has 0 aliphatic heterocycles. The van der Waals surface area contributed by atoms with Crippen LogP contribution in [0.1, 0.15) is 11.3 Å². The maximum absolute atomic E-state index is 12.2. The van der Waals surface area contributed by atoms with Gasteiger partial charge in [0.25, 0.3) is 10.0 Å². The molecule has 0 aliphatic rings. The molecule has 0 spiro atoms. The number of aryl methyl sites for hydroxylation is 2. The van der Waals surface area contributed by atoms with Gasteiger partial charge in [0.1, 0.15) is 0 Å². The molecule has 0 aliphatic carbocycles. The van der Waals surface area contributed by atoms with Gasteiger partial charge in [0.15, 0.2) is 0 Å². The number of sulfonamides is 1. The van der Waals surface area contributed by atoms with Crippen molar-refractivity contribution in [2.24, 2.45) is 0 Å². The van der Waals surface area contributed by atoms with Crippen LogP contribution in [0.2, 0.25) is 0 Å². The Balaban J connectivity index is 2.40. The lowest BCUT2D eigenvalue weighted by atomic mass is 10.2. The minimum absolute atomic E-state index is 0.285. The Labute approximate surface area is 107 Å². The maximum Gasteiger partial charge on any atom is 0.262 e. The second-order valence-corrected chi connectivity index (χ2v) is 5.66. The van der Waals surface area contributed by atoms with Crippen molar-refractivity contribution in [3.05, 3.63) is 53.9 Å². The van der Waals surface area contributed by atoms with Gasteiger partial charge < -0.3 is 0 Å². The van der Waals surface area contributed by atoms with Crippen molar-refractivity contribution in [1.82, 2.24) is 4.98 Å². The topological polar surface area (TPSA) is 59.1 Å². The normalized spacial score (nSPS) is 11.2. The maximum atomic E-state index is 12.2. The number of hydrogen-bond acceptors (Lipinski definition) is 3. The molecule has 1 heterocycles. The largest absolute Gasteiger partial charge is 0.278 e. The Bertz CT molecular complexity index is 666. The Hall–Kier alpha value is -1.88. The van der Waals surface area contributed by atoms with Gasteiger partial charge in [-0.25, -0.2) is 8.42 Å². The molecule has 0 unspecified atom stereocenters. The fourth-order valence-electron chi connectivity index (χ4n) is 1.65. The zero-order valence-corrected chi connectivity index (χ0v) is 11.0. The Morgan fingerprint density at radius 2 is 1.78 bits per heavy atom. The third-order valence-electron chi connectivity index (χ3n) is 2.63. The van der Waals surface area contributed by atoms with Crippen LogP contribution in [-0.2, 0) is 10.0 Å². The van der Waals surface area contributed by atoms with Crippen molar-refractivity contribution in [3.63, 3.8) is 0 Å². The van der Waals surface area contributed by atoms with Crippen LogP contribution in [0.3, 0.4) is 0 Å². The molecule has 5 heteroatoms. The monoisotopic (exact) mass is 262 g/mol. The summed E-state index contributed by atoms with van der Waals surface area (Å²) in [7, 11) is -3.56. The van der Waals surface area contributed by atoms with E-state index >= 15 is 0 Å². The number of anilines is 1. The molecule has 94 valence electrons. The predicted octanol–water partition coefficient (Wildman–Crippen LogP) is 2.50. The molecule has 2 rings (SSSR count). The van der Waals surface area contributed by atoms with E-state index in [4.69, 9.17) is 0 Å². The molecule has 1 aromatic carbocycles. The van der Waals surface area contributed by atoms with Gasteiger partial charge in [-0.15, -0.1) is 0 Å². The average Bonchev–Trinajstić information content (AvgIpc) is 2.32. The van der Waals surface area contributed by atoms with Gasteiger partial charge in [0.2, 0.25) is 0 Å². The molecule has 0 atom stereocenters. The van der Waals surface area contributed by atoms with Crippen molar-refractivity contribution in [3.8, 4) is 0 Å². The van der Waals surface area contributed by atoms with Gasteiger partial charge in [-0.3, -0.25) is 9.71 Å². The number of nitrogens with one attached hydrogen (secondary N) is 1. The van der Waals surface area contributed by atoms with Crippen LogP contribution in [0.15, 0.2) is 47.5 Å². The predicted molar refractivity (Wildman–Crippen MR) is 71.0 cm³/mol. The lowest BCUT2D eigenvalue weighted by Gasteiger charge is -2.11. The van der Waals surface area contributed by atoms with Crippen LogP contribution in [-0.4, -0.2) is 13.4 Å². The highest BCUT2D eigenvalue weighted by atomic mass is 32.2. The summed E-state index contributed by atoms with van der Waals surface area (Å²) < 4.78 is 27.0. The van der Waals surface area contributed by atoms with E-state index in [9.17, 15) is 8.42 Å². The first-order valence-electron chi connectivity index (χ1n) is 5.51. The summed E-state index contributed by atoms with van der Waals surface area (Å²) in [5.41, 5.74) is 1.86. The first-order chi connectivity index (χ1) is 8.50. The number of pyridine rings is 1. The van der Waals surface area contributed by atoms with E-state index < -0.39 is 10.0 Å². The van der Waals surface area contributed by atoms with Gasteiger partial charge in [0.05, 0.1) is 16.3 Å². The molecular weight excluding hydrogens is 248 g/mol. The Morgan fingerprint density at radius 3 is 2.44 bits per heavy atom. The van der Waals surface area contributed by atoms with E-state index in [1.54, 1.807) is 50.4 Å². The van der Waals surface area contributed by atoms with Crippen molar-refractivity contribution in [1.29, 1.82) is 0 Å². The molecule has 2 aromatic rings. The van der Waals surface area contributed by atoms with E-state index in [0.29, 0.717) is 16.9 Å². The van der Waals surface area contributed by atoms with Crippen LogP contribution in [0.25, 0.3) is 0 Å². The minimum atomic E-state index is -3.56. The van der Waals surface area contributed by atoms with Crippen molar-refractivity contribution in [2.45, 2.75) is 18.7 Å². The van der Waals surface area contributed by atoms with Crippen LogP contribution in [0.5, 0.6) is 0 Å². The summed E-state index contributed by atoms with van der Waals surface area (Å²) in [6.45, 7) is 3.53. The summed E-state index contributed by atoms with van der Waals surface area (Å²) >= 11 is 0. The number of benzene rings is 1. The summed E-state index contributed by atoms with van der Waals surface area (Å²) in [5, 5.41) is 0. The summed E-state index contributed by atoms with van der Waals surface area (Å²) in [4.78, 5) is 4.34. The molecule has 0 bridgehead atoms.